The first-order valence-corrected chi connectivity index (χ1v) is 7.51. The number of carbonyl (C=O) groups is 1. The minimum atomic E-state index is -0.727. The van der Waals surface area contributed by atoms with Gasteiger partial charge in [0.2, 0.25) is 5.88 Å². The molecule has 1 atom stereocenters. The number of aromatic nitrogens is 2. The summed E-state index contributed by atoms with van der Waals surface area (Å²) in [6, 6.07) is 9.31. The van der Waals surface area contributed by atoms with E-state index in [9.17, 15) is 4.79 Å². The molecule has 0 saturated heterocycles. The van der Waals surface area contributed by atoms with Gasteiger partial charge in [0, 0.05) is 36.5 Å². The van der Waals surface area contributed by atoms with Crippen molar-refractivity contribution >= 4 is 5.91 Å². The van der Waals surface area contributed by atoms with Crippen LogP contribution in [-0.2, 0) is 11.3 Å². The summed E-state index contributed by atoms with van der Waals surface area (Å²) in [5.41, 5.74) is 0.965. The number of hydrogen-bond donors (Lipinski definition) is 2. The quantitative estimate of drug-likeness (QED) is 0.576. The summed E-state index contributed by atoms with van der Waals surface area (Å²) in [5, 5.41) is 17.3. The molecule has 0 spiro atoms. The van der Waals surface area contributed by atoms with Crippen LogP contribution < -0.4 is 4.74 Å². The molecule has 2 rings (SSSR count). The zero-order valence-electron chi connectivity index (χ0n) is 13.0. The van der Waals surface area contributed by atoms with Crippen molar-refractivity contribution in [2.45, 2.75) is 32.2 Å². The lowest BCUT2D eigenvalue weighted by molar-refractivity contribution is -0.285. The van der Waals surface area contributed by atoms with Crippen LogP contribution in [0, 0.1) is 0 Å². The molecule has 0 fully saturated rings. The average molecular weight is 319 g/mol. The number of carbonyl (C=O) groups excluding carboxylic acids is 1. The summed E-state index contributed by atoms with van der Waals surface area (Å²) in [7, 11) is 0. The van der Waals surface area contributed by atoms with Crippen LogP contribution in [0.1, 0.15) is 31.4 Å². The van der Waals surface area contributed by atoms with Gasteiger partial charge in [0.25, 0.3) is 5.91 Å². The highest BCUT2D eigenvalue weighted by Gasteiger charge is 2.20. The van der Waals surface area contributed by atoms with E-state index in [0.717, 1.165) is 5.69 Å². The molecule has 0 aliphatic rings. The van der Waals surface area contributed by atoms with Gasteiger partial charge in [-0.15, -0.1) is 0 Å². The predicted molar refractivity (Wildman–Crippen MR) is 82.2 cm³/mol. The summed E-state index contributed by atoms with van der Waals surface area (Å²) in [6.45, 7) is 3.03. The van der Waals surface area contributed by atoms with Gasteiger partial charge < -0.3 is 9.30 Å². The highest BCUT2D eigenvalue weighted by molar-refractivity contribution is 5.74. The van der Waals surface area contributed by atoms with Crippen molar-refractivity contribution in [3.63, 3.8) is 0 Å². The Morgan fingerprint density at radius 1 is 1.35 bits per heavy atom. The Kier molecular flexibility index (Phi) is 6.13. The Morgan fingerprint density at radius 3 is 2.83 bits per heavy atom. The third-order valence-electron chi connectivity index (χ3n) is 3.64. The van der Waals surface area contributed by atoms with Crippen molar-refractivity contribution in [3.05, 3.63) is 48.4 Å². The number of hydroxylamine groups is 2. The van der Waals surface area contributed by atoms with Crippen molar-refractivity contribution in [1.82, 2.24) is 14.8 Å². The highest BCUT2D eigenvalue weighted by atomic mass is 16.8. The lowest BCUT2D eigenvalue weighted by Crippen LogP contribution is -2.25. The van der Waals surface area contributed by atoms with Crippen molar-refractivity contribution in [2.75, 3.05) is 6.61 Å². The van der Waals surface area contributed by atoms with Crippen LogP contribution in [0.25, 0.3) is 0 Å². The second-order valence-corrected chi connectivity index (χ2v) is 5.14. The van der Waals surface area contributed by atoms with Gasteiger partial charge in [-0.1, -0.05) is 18.2 Å². The van der Waals surface area contributed by atoms with Gasteiger partial charge in [-0.25, -0.2) is 4.98 Å². The predicted octanol–water partition coefficient (Wildman–Crippen LogP) is 2.45. The van der Waals surface area contributed by atoms with E-state index < -0.39 is 5.91 Å². The second kappa shape index (κ2) is 8.30. The smallest absolute Gasteiger partial charge is 0.273 e. The van der Waals surface area contributed by atoms with Gasteiger partial charge in [-0.05, 0) is 24.6 Å². The zero-order chi connectivity index (χ0) is 16.7. The molecular formula is C16H21N3O4. The topological polar surface area (TPSA) is 87.8 Å². The first-order chi connectivity index (χ1) is 11.1. The molecule has 2 aromatic rings. The molecule has 7 nitrogen and oxygen atoms in total. The first kappa shape index (κ1) is 17.0. The van der Waals surface area contributed by atoms with Gasteiger partial charge in [0.15, 0.2) is 0 Å². The van der Waals surface area contributed by atoms with E-state index in [1.807, 2.05) is 42.0 Å². The molecule has 2 aromatic heterocycles. The van der Waals surface area contributed by atoms with Crippen LogP contribution in [0.4, 0.5) is 0 Å². The Bertz CT molecular complexity index is 613. The summed E-state index contributed by atoms with van der Waals surface area (Å²) in [5.74, 6) is -0.247. The lowest BCUT2D eigenvalue weighted by atomic mass is 9.98. The van der Waals surface area contributed by atoms with Crippen molar-refractivity contribution in [2.24, 2.45) is 0 Å². The van der Waals surface area contributed by atoms with E-state index in [0.29, 0.717) is 25.5 Å². The molecule has 0 aromatic carbocycles. The number of ether oxygens (including phenoxy) is 1. The molecule has 7 heteroatoms. The maximum atomic E-state index is 11.5. The van der Waals surface area contributed by atoms with Crippen LogP contribution in [0.15, 0.2) is 42.7 Å². The van der Waals surface area contributed by atoms with Crippen LogP contribution >= 0.6 is 0 Å². The standard InChI is InChI=1S/C16H21N3O4/c1-2-13(12-16(20)19(21)22)14-6-5-9-18(14)10-11-23-15-7-3-4-8-17-15/h3-9,13,21-22H,2,10-12H2,1H3. The minimum absolute atomic E-state index is 0.0363. The monoisotopic (exact) mass is 319 g/mol. The van der Waals surface area contributed by atoms with E-state index in [1.165, 1.54) is 0 Å². The number of amides is 1. The molecule has 0 aliphatic heterocycles. The van der Waals surface area contributed by atoms with E-state index in [-0.39, 0.29) is 17.6 Å². The second-order valence-electron chi connectivity index (χ2n) is 5.14. The molecule has 1 amide bonds. The number of rotatable bonds is 8. The fraction of sp³-hybridized carbons (Fsp3) is 0.375. The molecule has 1 unspecified atom stereocenters. The highest BCUT2D eigenvalue weighted by Crippen LogP contribution is 2.24. The van der Waals surface area contributed by atoms with E-state index in [1.54, 1.807) is 12.3 Å². The van der Waals surface area contributed by atoms with Crippen LogP contribution in [0.5, 0.6) is 5.88 Å². The molecule has 0 radical (unpaired) electrons. The Labute approximate surface area is 134 Å². The third kappa shape index (κ3) is 4.80. The maximum absolute atomic E-state index is 11.5. The lowest BCUT2D eigenvalue weighted by Gasteiger charge is -2.18. The summed E-state index contributed by atoms with van der Waals surface area (Å²) in [4.78, 5) is 15.6. The Morgan fingerprint density at radius 2 is 2.17 bits per heavy atom. The zero-order valence-corrected chi connectivity index (χ0v) is 13.0. The van der Waals surface area contributed by atoms with E-state index in [4.69, 9.17) is 15.2 Å². The molecular weight excluding hydrogens is 298 g/mol. The Balaban J connectivity index is 1.96. The minimum Gasteiger partial charge on any atom is -0.476 e. The SMILES string of the molecule is CCC(CC(=O)N(O)O)c1cccn1CCOc1ccccn1. The number of pyridine rings is 1. The number of nitrogens with zero attached hydrogens (tertiary/aromatic N) is 3. The van der Waals surface area contributed by atoms with Gasteiger partial charge in [-0.3, -0.25) is 15.2 Å². The van der Waals surface area contributed by atoms with Crippen LogP contribution in [0.2, 0.25) is 0 Å². The van der Waals surface area contributed by atoms with Gasteiger partial charge in [-0.2, -0.15) is 0 Å². The number of hydrogen-bond acceptors (Lipinski definition) is 5. The Hall–Kier alpha value is -2.38. The fourth-order valence-corrected chi connectivity index (χ4v) is 2.43. The first-order valence-electron chi connectivity index (χ1n) is 7.51. The van der Waals surface area contributed by atoms with Crippen LogP contribution in [0.3, 0.4) is 0 Å². The molecule has 124 valence electrons. The van der Waals surface area contributed by atoms with Crippen LogP contribution in [-0.4, -0.2) is 37.7 Å². The van der Waals surface area contributed by atoms with Crippen molar-refractivity contribution in [3.8, 4) is 5.88 Å². The summed E-state index contributed by atoms with van der Waals surface area (Å²) >= 11 is 0. The molecule has 0 aliphatic carbocycles. The van der Waals surface area contributed by atoms with Gasteiger partial charge in [0.1, 0.15) is 6.61 Å². The molecule has 0 saturated carbocycles. The molecule has 0 bridgehead atoms. The average Bonchev–Trinajstić information content (AvgIpc) is 3.01. The largest absolute Gasteiger partial charge is 0.476 e. The van der Waals surface area contributed by atoms with Gasteiger partial charge >= 0.3 is 0 Å². The maximum Gasteiger partial charge on any atom is 0.273 e. The summed E-state index contributed by atoms with van der Waals surface area (Å²) < 4.78 is 7.58. The van der Waals surface area contributed by atoms with E-state index in [2.05, 4.69) is 4.98 Å². The van der Waals surface area contributed by atoms with Gasteiger partial charge in [0.05, 0.1) is 6.54 Å². The fourth-order valence-electron chi connectivity index (χ4n) is 2.43. The van der Waals surface area contributed by atoms with Crippen molar-refractivity contribution < 1.29 is 19.9 Å². The van der Waals surface area contributed by atoms with E-state index >= 15 is 0 Å². The molecule has 2 heterocycles. The molecule has 2 N–H and O–H groups in total. The third-order valence-corrected chi connectivity index (χ3v) is 3.64. The normalized spacial score (nSPS) is 12.0. The molecule has 23 heavy (non-hydrogen) atoms. The van der Waals surface area contributed by atoms with Crippen molar-refractivity contribution in [1.29, 1.82) is 0 Å². The summed E-state index contributed by atoms with van der Waals surface area (Å²) in [6.07, 6.45) is 4.34.